The molecule has 2 fully saturated rings. The van der Waals surface area contributed by atoms with Crippen molar-refractivity contribution in [2.75, 3.05) is 6.54 Å². The van der Waals surface area contributed by atoms with E-state index in [-0.39, 0.29) is 13.0 Å². The molecule has 7 nitrogen and oxygen atoms in total. The molecule has 2 amide bonds. The molecule has 0 bridgehead atoms. The fourth-order valence-corrected chi connectivity index (χ4v) is 5.32. The first-order valence-electron chi connectivity index (χ1n) is 11.6. The van der Waals surface area contributed by atoms with Gasteiger partial charge in [-0.2, -0.15) is 0 Å². The third kappa shape index (κ3) is 3.92. The summed E-state index contributed by atoms with van der Waals surface area (Å²) >= 11 is 0. The standard InChI is InChI=1S/C29H24N2O5/c1-2-17-31-26(32)23-24(27(31)33)29(28(34)35,18-19-9-5-3-6-10-19)30-25(23)20-13-15-22(16-14-20)36-21-11-7-4-8-12-21/h1,3-16,23-25,30H,17-18H2,(H,34,35). The van der Waals surface area contributed by atoms with E-state index in [1.807, 2.05) is 60.7 Å². The number of terminal acetylenes is 1. The predicted molar refractivity (Wildman–Crippen MR) is 132 cm³/mol. The zero-order valence-electron chi connectivity index (χ0n) is 19.3. The first-order chi connectivity index (χ1) is 17.4. The number of carboxylic acid groups (broad SMARTS) is 1. The normalized spacial score (nSPS) is 24.9. The van der Waals surface area contributed by atoms with E-state index in [1.54, 1.807) is 24.3 Å². The number of carbonyl (C=O) groups is 3. The lowest BCUT2D eigenvalue weighted by atomic mass is 9.76. The van der Waals surface area contributed by atoms with Gasteiger partial charge in [-0.25, -0.2) is 0 Å². The number of carboxylic acids is 1. The number of benzene rings is 3. The molecule has 3 aromatic rings. The maximum atomic E-state index is 13.4. The van der Waals surface area contributed by atoms with Crippen LogP contribution >= 0.6 is 0 Å². The SMILES string of the molecule is C#CCN1C(=O)C2C(c3ccc(Oc4ccccc4)cc3)NC(Cc3ccccc3)(C(=O)O)C2C1=O. The number of aliphatic carboxylic acids is 1. The van der Waals surface area contributed by atoms with Gasteiger partial charge in [-0.05, 0) is 35.4 Å². The lowest BCUT2D eigenvalue weighted by Gasteiger charge is -2.31. The van der Waals surface area contributed by atoms with E-state index in [0.29, 0.717) is 17.1 Å². The number of likely N-dealkylation sites (tertiary alicyclic amines) is 1. The van der Waals surface area contributed by atoms with Crippen molar-refractivity contribution in [2.24, 2.45) is 11.8 Å². The van der Waals surface area contributed by atoms with Crippen LogP contribution in [0.4, 0.5) is 0 Å². The van der Waals surface area contributed by atoms with Gasteiger partial charge in [0.25, 0.3) is 0 Å². The quantitative estimate of drug-likeness (QED) is 0.397. The van der Waals surface area contributed by atoms with Crippen molar-refractivity contribution in [3.8, 4) is 23.8 Å². The largest absolute Gasteiger partial charge is 0.480 e. The summed E-state index contributed by atoms with van der Waals surface area (Å²) < 4.78 is 5.86. The molecule has 4 unspecified atom stereocenters. The minimum Gasteiger partial charge on any atom is -0.480 e. The zero-order valence-corrected chi connectivity index (χ0v) is 19.3. The molecule has 0 radical (unpaired) electrons. The van der Waals surface area contributed by atoms with Gasteiger partial charge in [0.05, 0.1) is 18.4 Å². The summed E-state index contributed by atoms with van der Waals surface area (Å²) in [4.78, 5) is 40.6. The maximum Gasteiger partial charge on any atom is 0.325 e. The van der Waals surface area contributed by atoms with Crippen LogP contribution in [0.15, 0.2) is 84.9 Å². The van der Waals surface area contributed by atoms with E-state index in [0.717, 1.165) is 10.5 Å². The number of carbonyl (C=O) groups excluding carboxylic acids is 2. The molecule has 2 saturated heterocycles. The molecule has 0 saturated carbocycles. The number of rotatable bonds is 7. The Labute approximate surface area is 208 Å². The molecule has 2 heterocycles. The third-order valence-electron chi connectivity index (χ3n) is 6.92. The molecule has 3 aromatic carbocycles. The summed E-state index contributed by atoms with van der Waals surface area (Å²) in [6, 6.07) is 24.8. The summed E-state index contributed by atoms with van der Waals surface area (Å²) in [5.41, 5.74) is -0.245. The molecular formula is C29H24N2O5. The van der Waals surface area contributed by atoms with Gasteiger partial charge >= 0.3 is 5.97 Å². The van der Waals surface area contributed by atoms with Crippen LogP contribution in [-0.2, 0) is 20.8 Å². The van der Waals surface area contributed by atoms with Gasteiger partial charge in [0.15, 0.2) is 0 Å². The predicted octanol–water partition coefficient (Wildman–Crippen LogP) is 3.42. The molecule has 2 aliphatic heterocycles. The molecule has 2 aliphatic rings. The van der Waals surface area contributed by atoms with Crippen LogP contribution in [0.5, 0.6) is 11.5 Å². The van der Waals surface area contributed by atoms with Gasteiger partial charge in [0.2, 0.25) is 11.8 Å². The summed E-state index contributed by atoms with van der Waals surface area (Å²) in [7, 11) is 0. The van der Waals surface area contributed by atoms with Gasteiger partial charge in [0.1, 0.15) is 17.0 Å². The second-order valence-electron chi connectivity index (χ2n) is 9.02. The number of para-hydroxylation sites is 1. The van der Waals surface area contributed by atoms with Crippen molar-refractivity contribution in [2.45, 2.75) is 18.0 Å². The highest BCUT2D eigenvalue weighted by Crippen LogP contribution is 2.50. The smallest absolute Gasteiger partial charge is 0.325 e. The van der Waals surface area contributed by atoms with Crippen molar-refractivity contribution < 1.29 is 24.2 Å². The monoisotopic (exact) mass is 480 g/mol. The number of amides is 2. The van der Waals surface area contributed by atoms with Crippen LogP contribution in [0.25, 0.3) is 0 Å². The average Bonchev–Trinajstić information content (AvgIpc) is 3.36. The Morgan fingerprint density at radius 1 is 0.944 bits per heavy atom. The Morgan fingerprint density at radius 3 is 2.17 bits per heavy atom. The van der Waals surface area contributed by atoms with Crippen LogP contribution in [0, 0.1) is 24.2 Å². The van der Waals surface area contributed by atoms with Gasteiger partial charge in [-0.1, -0.05) is 66.6 Å². The lowest BCUT2D eigenvalue weighted by Crippen LogP contribution is -2.57. The maximum absolute atomic E-state index is 13.4. The van der Waals surface area contributed by atoms with Gasteiger partial charge in [0, 0.05) is 12.5 Å². The zero-order chi connectivity index (χ0) is 25.3. The van der Waals surface area contributed by atoms with E-state index in [4.69, 9.17) is 11.2 Å². The highest BCUT2D eigenvalue weighted by molar-refractivity contribution is 6.09. The molecule has 2 N–H and O–H groups in total. The highest BCUT2D eigenvalue weighted by Gasteiger charge is 2.68. The van der Waals surface area contributed by atoms with Crippen molar-refractivity contribution in [1.29, 1.82) is 0 Å². The van der Waals surface area contributed by atoms with E-state index in [2.05, 4.69) is 11.2 Å². The minimum absolute atomic E-state index is 0.0406. The molecule has 0 aliphatic carbocycles. The van der Waals surface area contributed by atoms with Crippen LogP contribution in [-0.4, -0.2) is 39.9 Å². The minimum atomic E-state index is -1.67. The second-order valence-corrected chi connectivity index (χ2v) is 9.02. The van der Waals surface area contributed by atoms with E-state index in [1.165, 1.54) is 0 Å². The molecular weight excluding hydrogens is 456 g/mol. The Bertz CT molecular complexity index is 1330. The van der Waals surface area contributed by atoms with E-state index in [9.17, 15) is 19.5 Å². The highest BCUT2D eigenvalue weighted by atomic mass is 16.5. The van der Waals surface area contributed by atoms with E-state index >= 15 is 0 Å². The van der Waals surface area contributed by atoms with Crippen LogP contribution in [0.1, 0.15) is 17.2 Å². The third-order valence-corrected chi connectivity index (χ3v) is 6.92. The topological polar surface area (TPSA) is 95.9 Å². The van der Waals surface area contributed by atoms with E-state index < -0.39 is 41.2 Å². The van der Waals surface area contributed by atoms with Gasteiger partial charge < -0.3 is 9.84 Å². The Balaban J connectivity index is 1.53. The Morgan fingerprint density at radius 2 is 1.56 bits per heavy atom. The fourth-order valence-electron chi connectivity index (χ4n) is 5.32. The number of nitrogens with zero attached hydrogens (tertiary/aromatic N) is 1. The molecule has 36 heavy (non-hydrogen) atoms. The number of hydrogen-bond acceptors (Lipinski definition) is 5. The van der Waals surface area contributed by atoms with Crippen LogP contribution in [0.2, 0.25) is 0 Å². The number of fused-ring (bicyclic) bond motifs is 1. The number of imide groups is 1. The van der Waals surface area contributed by atoms with Crippen molar-refractivity contribution in [3.63, 3.8) is 0 Å². The lowest BCUT2D eigenvalue weighted by molar-refractivity contribution is -0.151. The Hall–Kier alpha value is -4.41. The second kappa shape index (κ2) is 9.33. The summed E-state index contributed by atoms with van der Waals surface area (Å²) in [6.07, 6.45) is 5.46. The van der Waals surface area contributed by atoms with Crippen molar-refractivity contribution in [1.82, 2.24) is 10.2 Å². The van der Waals surface area contributed by atoms with Crippen LogP contribution in [0.3, 0.4) is 0 Å². The fraction of sp³-hybridized carbons (Fsp3) is 0.207. The molecule has 180 valence electrons. The molecule has 7 heteroatoms. The first-order valence-corrected chi connectivity index (χ1v) is 11.6. The number of hydrogen-bond donors (Lipinski definition) is 2. The number of nitrogens with one attached hydrogen (secondary N) is 1. The van der Waals surface area contributed by atoms with Crippen LogP contribution < -0.4 is 10.1 Å². The molecule has 4 atom stereocenters. The number of ether oxygens (including phenoxy) is 1. The molecule has 0 spiro atoms. The van der Waals surface area contributed by atoms with Crippen molar-refractivity contribution in [3.05, 3.63) is 96.1 Å². The summed E-state index contributed by atoms with van der Waals surface area (Å²) in [5, 5.41) is 13.7. The van der Waals surface area contributed by atoms with Gasteiger partial charge in [-0.3, -0.25) is 24.6 Å². The van der Waals surface area contributed by atoms with Gasteiger partial charge in [-0.15, -0.1) is 6.42 Å². The Kier molecular flexibility index (Phi) is 6.05. The molecule has 5 rings (SSSR count). The average molecular weight is 481 g/mol. The first kappa shape index (κ1) is 23.3. The summed E-state index contributed by atoms with van der Waals surface area (Å²) in [6.45, 7) is -0.192. The van der Waals surface area contributed by atoms with Crippen molar-refractivity contribution >= 4 is 17.8 Å². The summed E-state index contributed by atoms with van der Waals surface area (Å²) in [5.74, 6) is -0.565. The molecule has 0 aromatic heterocycles.